The van der Waals surface area contributed by atoms with E-state index in [0.29, 0.717) is 6.42 Å². The Morgan fingerprint density at radius 1 is 1.54 bits per heavy atom. The van der Waals surface area contributed by atoms with Crippen LogP contribution in [0.1, 0.15) is 45.4 Å². The largest absolute Gasteiger partial charge is 0.481 e. The molecule has 2 unspecified atom stereocenters. The van der Waals surface area contributed by atoms with E-state index in [1.165, 1.54) is 0 Å². The smallest absolute Gasteiger partial charge is 0.303 e. The quantitative estimate of drug-likeness (QED) is 0.706. The van der Waals surface area contributed by atoms with Gasteiger partial charge in [-0.3, -0.25) is 4.79 Å². The van der Waals surface area contributed by atoms with Crippen LogP contribution in [0.2, 0.25) is 0 Å². The molecular formula is C10H18O3. The lowest BCUT2D eigenvalue weighted by Crippen LogP contribution is -2.39. The van der Waals surface area contributed by atoms with Crippen molar-refractivity contribution in [2.75, 3.05) is 0 Å². The molecule has 1 fully saturated rings. The van der Waals surface area contributed by atoms with Crippen molar-refractivity contribution in [3.8, 4) is 0 Å². The van der Waals surface area contributed by atoms with E-state index in [2.05, 4.69) is 0 Å². The molecule has 0 bridgehead atoms. The Labute approximate surface area is 78.8 Å². The molecule has 1 rings (SSSR count). The molecule has 0 spiro atoms. The highest BCUT2D eigenvalue weighted by Crippen LogP contribution is 2.36. The average molecular weight is 186 g/mol. The van der Waals surface area contributed by atoms with Crippen LogP contribution in [0.15, 0.2) is 0 Å². The summed E-state index contributed by atoms with van der Waals surface area (Å²) in [5.74, 6) is -0.563. The summed E-state index contributed by atoms with van der Waals surface area (Å²) in [7, 11) is 0. The summed E-state index contributed by atoms with van der Waals surface area (Å²) in [6, 6.07) is 0. The number of hydrogen-bond acceptors (Lipinski definition) is 2. The topological polar surface area (TPSA) is 57.5 Å². The maximum absolute atomic E-state index is 10.4. The van der Waals surface area contributed by atoms with E-state index in [4.69, 9.17) is 5.11 Å². The van der Waals surface area contributed by atoms with E-state index in [-0.39, 0.29) is 12.3 Å². The van der Waals surface area contributed by atoms with Gasteiger partial charge in [-0.15, -0.1) is 0 Å². The van der Waals surface area contributed by atoms with Crippen molar-refractivity contribution < 1.29 is 15.0 Å². The molecule has 1 aliphatic rings. The Morgan fingerprint density at radius 3 is 2.77 bits per heavy atom. The minimum Gasteiger partial charge on any atom is -0.481 e. The standard InChI is InChI=1S/C10H18O3/c1-8-4-2-3-6-10(8,13)7-5-9(11)12/h8,13H,2-7H2,1H3,(H,11,12). The van der Waals surface area contributed by atoms with Crippen molar-refractivity contribution in [3.05, 3.63) is 0 Å². The van der Waals surface area contributed by atoms with Crippen molar-refractivity contribution in [2.24, 2.45) is 5.92 Å². The van der Waals surface area contributed by atoms with Gasteiger partial charge < -0.3 is 10.2 Å². The molecule has 0 aliphatic heterocycles. The lowest BCUT2D eigenvalue weighted by atomic mass is 9.74. The first-order valence-corrected chi connectivity index (χ1v) is 4.99. The maximum Gasteiger partial charge on any atom is 0.303 e. The molecular weight excluding hydrogens is 168 g/mol. The number of carbonyl (C=O) groups is 1. The summed E-state index contributed by atoms with van der Waals surface area (Å²) in [4.78, 5) is 10.4. The van der Waals surface area contributed by atoms with Gasteiger partial charge in [0.05, 0.1) is 5.60 Å². The number of carboxylic acid groups (broad SMARTS) is 1. The second kappa shape index (κ2) is 4.09. The third-order valence-corrected chi connectivity index (χ3v) is 3.19. The first kappa shape index (κ1) is 10.5. The average Bonchev–Trinajstić information content (AvgIpc) is 2.07. The molecule has 1 aliphatic carbocycles. The van der Waals surface area contributed by atoms with Gasteiger partial charge in [-0.2, -0.15) is 0 Å². The van der Waals surface area contributed by atoms with Gasteiger partial charge in [0, 0.05) is 6.42 Å². The first-order chi connectivity index (χ1) is 6.04. The molecule has 2 N–H and O–H groups in total. The fourth-order valence-corrected chi connectivity index (χ4v) is 2.09. The molecule has 3 heteroatoms. The Hall–Kier alpha value is -0.570. The third-order valence-electron chi connectivity index (χ3n) is 3.19. The summed E-state index contributed by atoms with van der Waals surface area (Å²) in [5, 5.41) is 18.7. The third kappa shape index (κ3) is 2.69. The van der Waals surface area contributed by atoms with Gasteiger partial charge in [0.2, 0.25) is 0 Å². The van der Waals surface area contributed by atoms with Crippen molar-refractivity contribution in [1.82, 2.24) is 0 Å². The van der Waals surface area contributed by atoms with Crippen LogP contribution >= 0.6 is 0 Å². The summed E-state index contributed by atoms with van der Waals surface area (Å²) < 4.78 is 0. The number of carboxylic acids is 1. The zero-order chi connectivity index (χ0) is 9.90. The monoisotopic (exact) mass is 186 g/mol. The number of rotatable bonds is 3. The zero-order valence-electron chi connectivity index (χ0n) is 8.12. The molecule has 0 heterocycles. The molecule has 3 nitrogen and oxygen atoms in total. The predicted molar refractivity (Wildman–Crippen MR) is 49.5 cm³/mol. The highest BCUT2D eigenvalue weighted by molar-refractivity contribution is 5.66. The van der Waals surface area contributed by atoms with Crippen molar-refractivity contribution in [2.45, 2.75) is 51.0 Å². The van der Waals surface area contributed by atoms with Gasteiger partial charge >= 0.3 is 5.97 Å². The molecule has 0 aromatic heterocycles. The van der Waals surface area contributed by atoms with Gasteiger partial charge in [-0.05, 0) is 25.2 Å². The Bertz CT molecular complexity index is 191. The molecule has 1 saturated carbocycles. The van der Waals surface area contributed by atoms with Crippen LogP contribution in [0, 0.1) is 5.92 Å². The second-order valence-corrected chi connectivity index (χ2v) is 4.14. The van der Waals surface area contributed by atoms with Crippen LogP contribution < -0.4 is 0 Å². The van der Waals surface area contributed by atoms with Crippen LogP contribution in [0.5, 0.6) is 0 Å². The van der Waals surface area contributed by atoms with Gasteiger partial charge in [0.25, 0.3) is 0 Å². The van der Waals surface area contributed by atoms with E-state index in [9.17, 15) is 9.90 Å². The normalized spacial score (nSPS) is 34.5. The Kier molecular flexibility index (Phi) is 3.31. The van der Waals surface area contributed by atoms with E-state index in [0.717, 1.165) is 25.7 Å². The molecule has 0 saturated heterocycles. The van der Waals surface area contributed by atoms with E-state index >= 15 is 0 Å². The fourth-order valence-electron chi connectivity index (χ4n) is 2.09. The summed E-state index contributed by atoms with van der Waals surface area (Å²) in [5.41, 5.74) is -0.712. The van der Waals surface area contributed by atoms with Gasteiger partial charge in [0.1, 0.15) is 0 Å². The van der Waals surface area contributed by atoms with Crippen molar-refractivity contribution in [1.29, 1.82) is 0 Å². The van der Waals surface area contributed by atoms with Crippen LogP contribution in [0.25, 0.3) is 0 Å². The molecule has 76 valence electrons. The lowest BCUT2D eigenvalue weighted by Gasteiger charge is -2.37. The minimum absolute atomic E-state index is 0.0842. The molecule has 0 radical (unpaired) electrons. The molecule has 13 heavy (non-hydrogen) atoms. The Morgan fingerprint density at radius 2 is 2.23 bits per heavy atom. The highest BCUT2D eigenvalue weighted by atomic mass is 16.4. The van der Waals surface area contributed by atoms with Crippen molar-refractivity contribution in [3.63, 3.8) is 0 Å². The minimum atomic E-state index is -0.814. The highest BCUT2D eigenvalue weighted by Gasteiger charge is 2.35. The number of hydrogen-bond donors (Lipinski definition) is 2. The number of aliphatic hydroxyl groups is 1. The van der Waals surface area contributed by atoms with Gasteiger partial charge in [0.15, 0.2) is 0 Å². The van der Waals surface area contributed by atoms with E-state index < -0.39 is 11.6 Å². The molecule has 0 aromatic rings. The molecule has 0 aromatic carbocycles. The summed E-state index contributed by atoms with van der Waals surface area (Å²) in [6.07, 6.45) is 4.47. The van der Waals surface area contributed by atoms with Crippen LogP contribution in [0.3, 0.4) is 0 Å². The Balaban J connectivity index is 2.46. The van der Waals surface area contributed by atoms with E-state index in [1.54, 1.807) is 0 Å². The van der Waals surface area contributed by atoms with E-state index in [1.807, 2.05) is 6.92 Å². The number of aliphatic carboxylic acids is 1. The fraction of sp³-hybridized carbons (Fsp3) is 0.900. The van der Waals surface area contributed by atoms with Crippen LogP contribution in [-0.4, -0.2) is 21.8 Å². The SMILES string of the molecule is CC1CCCCC1(O)CCC(=O)O. The second-order valence-electron chi connectivity index (χ2n) is 4.14. The lowest BCUT2D eigenvalue weighted by molar-refractivity contribution is -0.139. The summed E-state index contributed by atoms with van der Waals surface area (Å²) >= 11 is 0. The van der Waals surface area contributed by atoms with Gasteiger partial charge in [-0.1, -0.05) is 19.8 Å². The zero-order valence-corrected chi connectivity index (χ0v) is 8.12. The van der Waals surface area contributed by atoms with Crippen LogP contribution in [-0.2, 0) is 4.79 Å². The molecule has 0 amide bonds. The molecule has 2 atom stereocenters. The summed E-state index contributed by atoms with van der Waals surface area (Å²) in [6.45, 7) is 2.01. The predicted octanol–water partition coefficient (Wildman–Crippen LogP) is 1.79. The van der Waals surface area contributed by atoms with Crippen molar-refractivity contribution >= 4 is 5.97 Å². The van der Waals surface area contributed by atoms with Crippen LogP contribution in [0.4, 0.5) is 0 Å². The van der Waals surface area contributed by atoms with Gasteiger partial charge in [-0.25, -0.2) is 0 Å². The first-order valence-electron chi connectivity index (χ1n) is 4.99. The maximum atomic E-state index is 10.4.